The largest absolute Gasteiger partial charge is 0.503 e. The number of aliphatic hydroxyl groups excluding tert-OH is 1. The van der Waals surface area contributed by atoms with Crippen LogP contribution < -0.4 is 9.64 Å². The number of furan rings is 1. The maximum atomic E-state index is 13.2. The van der Waals surface area contributed by atoms with E-state index in [2.05, 4.69) is 0 Å². The predicted octanol–water partition coefficient (Wildman–Crippen LogP) is 3.86. The van der Waals surface area contributed by atoms with Crippen LogP contribution in [0.2, 0.25) is 0 Å². The minimum absolute atomic E-state index is 0.0163. The first kappa shape index (κ1) is 20.9. The molecule has 0 bridgehead atoms. The Balaban J connectivity index is 1.89. The van der Waals surface area contributed by atoms with Crippen molar-refractivity contribution in [1.82, 2.24) is 0 Å². The number of ether oxygens (including phenoxy) is 2. The molecule has 2 aromatic carbocycles. The van der Waals surface area contributed by atoms with Crippen LogP contribution in [0.1, 0.15) is 32.5 Å². The van der Waals surface area contributed by atoms with Crippen molar-refractivity contribution < 1.29 is 33.4 Å². The lowest BCUT2D eigenvalue weighted by Gasteiger charge is -2.27. The number of benzene rings is 2. The molecule has 3 aromatic rings. The average Bonchev–Trinajstić information content (AvgIpc) is 3.45. The molecule has 0 radical (unpaired) electrons. The summed E-state index contributed by atoms with van der Waals surface area (Å²) in [5.74, 6) is -2.19. The van der Waals surface area contributed by atoms with E-state index in [0.29, 0.717) is 17.0 Å². The van der Waals surface area contributed by atoms with Crippen molar-refractivity contribution in [3.05, 3.63) is 95.1 Å². The molecule has 1 aliphatic rings. The van der Waals surface area contributed by atoms with E-state index in [1.165, 1.54) is 37.5 Å². The highest BCUT2D eigenvalue weighted by Crippen LogP contribution is 2.42. The fraction of sp³-hybridized carbons (Fsp3) is 0.125. The van der Waals surface area contributed by atoms with Crippen molar-refractivity contribution in [2.75, 3.05) is 19.1 Å². The lowest BCUT2D eigenvalue weighted by molar-refractivity contribution is -0.117. The number of hydrogen-bond acceptors (Lipinski definition) is 7. The normalized spacial score (nSPS) is 15.8. The fourth-order valence-corrected chi connectivity index (χ4v) is 3.67. The number of amides is 1. The van der Waals surface area contributed by atoms with Crippen LogP contribution in [-0.2, 0) is 9.53 Å². The lowest BCUT2D eigenvalue weighted by Crippen LogP contribution is -2.31. The van der Waals surface area contributed by atoms with Gasteiger partial charge in [0.05, 0.1) is 37.7 Å². The molecule has 8 nitrogen and oxygen atoms in total. The summed E-state index contributed by atoms with van der Waals surface area (Å²) in [6.45, 7) is 0. The Labute approximate surface area is 183 Å². The number of esters is 1. The summed E-state index contributed by atoms with van der Waals surface area (Å²) in [5, 5.41) is 10.7. The summed E-state index contributed by atoms with van der Waals surface area (Å²) in [4.78, 5) is 39.6. The van der Waals surface area contributed by atoms with Gasteiger partial charge in [-0.1, -0.05) is 18.2 Å². The number of Topliss-reactive ketones (excluding diaryl/α,β-unsaturated/α-hetero) is 1. The van der Waals surface area contributed by atoms with E-state index < -0.39 is 29.5 Å². The number of carbonyl (C=O) groups is 3. The Morgan fingerprint density at radius 3 is 2.50 bits per heavy atom. The van der Waals surface area contributed by atoms with E-state index in [1.54, 1.807) is 48.5 Å². The number of rotatable bonds is 6. The van der Waals surface area contributed by atoms with Crippen LogP contribution in [0.3, 0.4) is 0 Å². The number of hydrogen-bond donors (Lipinski definition) is 1. The summed E-state index contributed by atoms with van der Waals surface area (Å²) >= 11 is 0. The third-order valence-corrected chi connectivity index (χ3v) is 5.15. The van der Waals surface area contributed by atoms with Crippen LogP contribution in [0.5, 0.6) is 5.75 Å². The molecule has 0 saturated heterocycles. The summed E-state index contributed by atoms with van der Waals surface area (Å²) in [6, 6.07) is 15.0. The predicted molar refractivity (Wildman–Crippen MR) is 114 cm³/mol. The van der Waals surface area contributed by atoms with Gasteiger partial charge in [-0.3, -0.25) is 14.5 Å². The van der Waals surface area contributed by atoms with Crippen LogP contribution in [-0.4, -0.2) is 37.0 Å². The van der Waals surface area contributed by atoms with Gasteiger partial charge < -0.3 is 19.0 Å². The minimum atomic E-state index is -0.983. The van der Waals surface area contributed by atoms with Crippen molar-refractivity contribution in [3.63, 3.8) is 0 Å². The standard InChI is InChI=1S/C24H19NO7/c1-30-17-9-4-6-14(13-17)20-19(21(26)18-10-5-11-32-18)22(27)23(28)25(20)16-8-3-7-15(12-16)24(29)31-2/h3-13,20,27H,1-2H3. The molecular formula is C24H19NO7. The van der Waals surface area contributed by atoms with Crippen LogP contribution in [0.4, 0.5) is 5.69 Å². The molecule has 1 N–H and O–H groups in total. The highest BCUT2D eigenvalue weighted by molar-refractivity contribution is 6.20. The van der Waals surface area contributed by atoms with Gasteiger partial charge in [-0.2, -0.15) is 0 Å². The molecule has 0 fully saturated rings. The van der Waals surface area contributed by atoms with Gasteiger partial charge in [0.2, 0.25) is 5.78 Å². The molecule has 1 unspecified atom stereocenters. The monoisotopic (exact) mass is 433 g/mol. The van der Waals surface area contributed by atoms with Crippen molar-refractivity contribution >= 4 is 23.3 Å². The Hall–Kier alpha value is -4.33. The van der Waals surface area contributed by atoms with E-state index in [4.69, 9.17) is 13.9 Å². The molecule has 1 aliphatic heterocycles. The molecule has 4 rings (SSSR count). The van der Waals surface area contributed by atoms with Gasteiger partial charge >= 0.3 is 5.97 Å². The third kappa shape index (κ3) is 3.51. The fourth-order valence-electron chi connectivity index (χ4n) is 3.67. The van der Waals surface area contributed by atoms with Crippen LogP contribution in [0, 0.1) is 0 Å². The topological polar surface area (TPSA) is 106 Å². The average molecular weight is 433 g/mol. The third-order valence-electron chi connectivity index (χ3n) is 5.15. The summed E-state index contributed by atoms with van der Waals surface area (Å²) in [5.41, 5.74) is 0.911. The molecule has 2 heterocycles. The second kappa shape index (κ2) is 8.43. The van der Waals surface area contributed by atoms with Gasteiger partial charge in [0.25, 0.3) is 5.91 Å². The molecule has 1 aromatic heterocycles. The number of carbonyl (C=O) groups excluding carboxylic acids is 3. The first-order valence-corrected chi connectivity index (χ1v) is 9.63. The summed E-state index contributed by atoms with van der Waals surface area (Å²) in [7, 11) is 2.75. The van der Waals surface area contributed by atoms with Gasteiger partial charge in [0.15, 0.2) is 11.5 Å². The molecule has 32 heavy (non-hydrogen) atoms. The van der Waals surface area contributed by atoms with Crippen molar-refractivity contribution in [3.8, 4) is 5.75 Å². The SMILES string of the molecule is COC(=O)c1cccc(N2C(=O)C(O)=C(C(=O)c3ccco3)C2c2cccc(OC)c2)c1. The van der Waals surface area contributed by atoms with E-state index >= 15 is 0 Å². The zero-order valence-electron chi connectivity index (χ0n) is 17.3. The van der Waals surface area contributed by atoms with E-state index in [1.807, 2.05) is 0 Å². The molecule has 0 spiro atoms. The molecule has 1 amide bonds. The number of nitrogens with zero attached hydrogens (tertiary/aromatic N) is 1. The summed E-state index contributed by atoms with van der Waals surface area (Å²) in [6.07, 6.45) is 1.33. The minimum Gasteiger partial charge on any atom is -0.503 e. The smallest absolute Gasteiger partial charge is 0.337 e. The van der Waals surface area contributed by atoms with Crippen molar-refractivity contribution in [2.24, 2.45) is 0 Å². The number of methoxy groups -OCH3 is 2. The van der Waals surface area contributed by atoms with Gasteiger partial charge in [-0.05, 0) is 48.0 Å². The zero-order valence-corrected chi connectivity index (χ0v) is 17.3. The van der Waals surface area contributed by atoms with E-state index in [9.17, 15) is 19.5 Å². The van der Waals surface area contributed by atoms with E-state index in [0.717, 1.165) is 0 Å². The summed E-state index contributed by atoms with van der Waals surface area (Å²) < 4.78 is 15.3. The quantitative estimate of drug-likeness (QED) is 0.465. The molecule has 1 atom stereocenters. The second-order valence-electron chi connectivity index (χ2n) is 6.96. The Bertz CT molecular complexity index is 1230. The number of aliphatic hydroxyl groups is 1. The van der Waals surface area contributed by atoms with Crippen molar-refractivity contribution in [2.45, 2.75) is 6.04 Å². The maximum absolute atomic E-state index is 13.2. The first-order valence-electron chi connectivity index (χ1n) is 9.63. The Kier molecular flexibility index (Phi) is 5.51. The highest BCUT2D eigenvalue weighted by Gasteiger charge is 2.45. The van der Waals surface area contributed by atoms with Crippen LogP contribution in [0.25, 0.3) is 0 Å². The van der Waals surface area contributed by atoms with Gasteiger partial charge in [-0.25, -0.2) is 4.79 Å². The van der Waals surface area contributed by atoms with Crippen molar-refractivity contribution in [1.29, 1.82) is 0 Å². The number of ketones is 1. The zero-order chi connectivity index (χ0) is 22.8. The molecule has 0 saturated carbocycles. The lowest BCUT2D eigenvalue weighted by atomic mass is 9.94. The molecule has 162 valence electrons. The van der Waals surface area contributed by atoms with Gasteiger partial charge in [0, 0.05) is 5.69 Å². The number of anilines is 1. The Morgan fingerprint density at radius 1 is 1.03 bits per heavy atom. The van der Waals surface area contributed by atoms with Gasteiger partial charge in [0.1, 0.15) is 5.75 Å². The molecule has 0 aliphatic carbocycles. The Morgan fingerprint density at radius 2 is 1.81 bits per heavy atom. The first-order chi connectivity index (χ1) is 15.5. The molecule has 8 heteroatoms. The second-order valence-corrected chi connectivity index (χ2v) is 6.96. The van der Waals surface area contributed by atoms with E-state index in [-0.39, 0.29) is 16.9 Å². The van der Waals surface area contributed by atoms with Crippen LogP contribution in [0.15, 0.2) is 82.7 Å². The molecular weight excluding hydrogens is 414 g/mol. The van der Waals surface area contributed by atoms with Gasteiger partial charge in [-0.15, -0.1) is 0 Å². The highest BCUT2D eigenvalue weighted by atomic mass is 16.5. The maximum Gasteiger partial charge on any atom is 0.337 e. The van der Waals surface area contributed by atoms with Crippen LogP contribution >= 0.6 is 0 Å².